The first-order valence-corrected chi connectivity index (χ1v) is 9.71. The van der Waals surface area contributed by atoms with E-state index in [-0.39, 0.29) is 0 Å². The van der Waals surface area contributed by atoms with Gasteiger partial charge in [-0.25, -0.2) is 0 Å². The molecular formula is C21H25NS. The highest BCUT2D eigenvalue weighted by atomic mass is 32.2. The summed E-state index contributed by atoms with van der Waals surface area (Å²) in [6.07, 6.45) is 8.64. The molecule has 1 heterocycles. The van der Waals surface area contributed by atoms with Crippen molar-refractivity contribution in [1.29, 1.82) is 0 Å². The number of nitrogens with zero attached hydrogens (tertiary/aromatic N) is 1. The SMILES string of the molecule is CS/C(=C\C(c1ccccc1)N1CCCCC1)c1ccccc1. The number of benzene rings is 2. The number of rotatable bonds is 5. The molecule has 0 aromatic heterocycles. The molecule has 1 aliphatic rings. The van der Waals surface area contributed by atoms with E-state index in [0.29, 0.717) is 6.04 Å². The summed E-state index contributed by atoms with van der Waals surface area (Å²) in [5.74, 6) is 0. The van der Waals surface area contributed by atoms with Gasteiger partial charge in [0.2, 0.25) is 0 Å². The zero-order valence-corrected chi connectivity index (χ0v) is 14.6. The standard InChI is InChI=1S/C21H25NS/c1-23-21(19-13-7-3-8-14-19)17-20(18-11-5-2-6-12-18)22-15-9-4-10-16-22/h2-3,5-8,11-14,17,20H,4,9-10,15-16H2,1H3/b21-17-. The summed E-state index contributed by atoms with van der Waals surface area (Å²) < 4.78 is 0. The number of likely N-dealkylation sites (tertiary alicyclic amines) is 1. The van der Waals surface area contributed by atoms with Crippen LogP contribution in [0.4, 0.5) is 0 Å². The number of hydrogen-bond donors (Lipinski definition) is 0. The lowest BCUT2D eigenvalue weighted by Gasteiger charge is -2.33. The highest BCUT2D eigenvalue weighted by Crippen LogP contribution is 2.33. The van der Waals surface area contributed by atoms with Gasteiger partial charge in [-0.05, 0) is 49.4 Å². The van der Waals surface area contributed by atoms with Crippen molar-refractivity contribution in [3.63, 3.8) is 0 Å². The molecule has 0 spiro atoms. The van der Waals surface area contributed by atoms with E-state index >= 15 is 0 Å². The first-order valence-electron chi connectivity index (χ1n) is 8.49. The summed E-state index contributed by atoms with van der Waals surface area (Å²) >= 11 is 1.84. The van der Waals surface area contributed by atoms with Crippen LogP contribution >= 0.6 is 11.8 Å². The van der Waals surface area contributed by atoms with Crippen molar-refractivity contribution in [2.45, 2.75) is 25.3 Å². The maximum atomic E-state index is 2.64. The van der Waals surface area contributed by atoms with Gasteiger partial charge < -0.3 is 0 Å². The fourth-order valence-electron chi connectivity index (χ4n) is 3.29. The van der Waals surface area contributed by atoms with Crippen molar-refractivity contribution in [1.82, 2.24) is 4.90 Å². The van der Waals surface area contributed by atoms with Crippen molar-refractivity contribution in [2.24, 2.45) is 0 Å². The largest absolute Gasteiger partial charge is 0.293 e. The Hall–Kier alpha value is -1.51. The van der Waals surface area contributed by atoms with Crippen molar-refractivity contribution in [3.05, 3.63) is 77.9 Å². The molecule has 23 heavy (non-hydrogen) atoms. The Kier molecular flexibility index (Phi) is 5.95. The van der Waals surface area contributed by atoms with Crippen LogP contribution < -0.4 is 0 Å². The van der Waals surface area contributed by atoms with Crippen molar-refractivity contribution < 1.29 is 0 Å². The predicted molar refractivity (Wildman–Crippen MR) is 103 cm³/mol. The molecule has 1 atom stereocenters. The maximum Gasteiger partial charge on any atom is 0.0545 e. The van der Waals surface area contributed by atoms with Crippen LogP contribution in [0.1, 0.15) is 36.4 Å². The molecule has 2 heteroatoms. The molecule has 1 aliphatic heterocycles. The lowest BCUT2D eigenvalue weighted by atomic mass is 10.0. The molecule has 1 fully saturated rings. The second kappa shape index (κ2) is 8.37. The van der Waals surface area contributed by atoms with Crippen LogP contribution in [0.2, 0.25) is 0 Å². The minimum Gasteiger partial charge on any atom is -0.293 e. The van der Waals surface area contributed by atoms with Gasteiger partial charge >= 0.3 is 0 Å². The normalized spacial score (nSPS) is 17.9. The molecule has 2 aromatic rings. The number of piperidine rings is 1. The molecule has 120 valence electrons. The van der Waals surface area contributed by atoms with Crippen molar-refractivity contribution >= 4 is 16.7 Å². The van der Waals surface area contributed by atoms with Crippen LogP contribution in [-0.2, 0) is 0 Å². The fourth-order valence-corrected chi connectivity index (χ4v) is 3.92. The highest BCUT2D eigenvalue weighted by Gasteiger charge is 2.21. The Morgan fingerprint density at radius 3 is 2.13 bits per heavy atom. The topological polar surface area (TPSA) is 3.24 Å². The molecule has 1 nitrogen and oxygen atoms in total. The number of thioether (sulfide) groups is 1. The van der Waals surface area contributed by atoms with E-state index in [1.807, 2.05) is 11.8 Å². The molecule has 1 saturated heterocycles. The Balaban J connectivity index is 1.95. The molecule has 0 N–H and O–H groups in total. The Labute approximate surface area is 144 Å². The van der Waals surface area contributed by atoms with E-state index in [2.05, 4.69) is 77.9 Å². The van der Waals surface area contributed by atoms with Gasteiger partial charge in [0.25, 0.3) is 0 Å². The van der Waals surface area contributed by atoms with Crippen LogP contribution in [0, 0.1) is 0 Å². The average molecular weight is 324 g/mol. The predicted octanol–water partition coefficient (Wildman–Crippen LogP) is 5.62. The molecule has 0 saturated carbocycles. The molecule has 0 aliphatic carbocycles. The summed E-state index contributed by atoms with van der Waals surface area (Å²) in [6, 6.07) is 22.1. The van der Waals surface area contributed by atoms with Crippen molar-refractivity contribution in [2.75, 3.05) is 19.3 Å². The fraction of sp³-hybridized carbons (Fsp3) is 0.333. The summed E-state index contributed by atoms with van der Waals surface area (Å²) in [5.41, 5.74) is 2.72. The summed E-state index contributed by atoms with van der Waals surface area (Å²) in [6.45, 7) is 2.40. The average Bonchev–Trinajstić information content (AvgIpc) is 2.65. The second-order valence-electron chi connectivity index (χ2n) is 6.05. The van der Waals surface area contributed by atoms with Crippen molar-refractivity contribution in [3.8, 4) is 0 Å². The van der Waals surface area contributed by atoms with Gasteiger partial charge in [0.1, 0.15) is 0 Å². The van der Waals surface area contributed by atoms with Gasteiger partial charge in [-0.1, -0.05) is 67.1 Å². The van der Waals surface area contributed by atoms with Crippen LogP contribution in [-0.4, -0.2) is 24.2 Å². The van der Waals surface area contributed by atoms with Gasteiger partial charge in [-0.3, -0.25) is 4.90 Å². The monoisotopic (exact) mass is 323 g/mol. The van der Waals surface area contributed by atoms with Crippen LogP contribution in [0.15, 0.2) is 66.7 Å². The lowest BCUT2D eigenvalue weighted by molar-refractivity contribution is 0.192. The van der Waals surface area contributed by atoms with E-state index in [9.17, 15) is 0 Å². The summed E-state index contributed by atoms with van der Waals surface area (Å²) in [7, 11) is 0. The molecule has 0 amide bonds. The van der Waals surface area contributed by atoms with Gasteiger partial charge in [0, 0.05) is 4.91 Å². The van der Waals surface area contributed by atoms with Crippen LogP contribution in [0.3, 0.4) is 0 Å². The van der Waals surface area contributed by atoms with E-state index in [4.69, 9.17) is 0 Å². The zero-order valence-electron chi connectivity index (χ0n) is 13.8. The Bertz CT molecular complexity index is 615. The van der Waals surface area contributed by atoms with Gasteiger partial charge in [0.05, 0.1) is 6.04 Å². The van der Waals surface area contributed by atoms with Gasteiger partial charge in [0.15, 0.2) is 0 Å². The molecule has 0 bridgehead atoms. The first-order chi connectivity index (χ1) is 11.4. The van der Waals surface area contributed by atoms with Crippen LogP contribution in [0.25, 0.3) is 4.91 Å². The third kappa shape index (κ3) is 4.27. The highest BCUT2D eigenvalue weighted by molar-refractivity contribution is 8.07. The van der Waals surface area contributed by atoms with Gasteiger partial charge in [-0.15, -0.1) is 11.8 Å². The molecular weight excluding hydrogens is 298 g/mol. The number of hydrogen-bond acceptors (Lipinski definition) is 2. The molecule has 1 unspecified atom stereocenters. The zero-order chi connectivity index (χ0) is 15.9. The van der Waals surface area contributed by atoms with Crippen LogP contribution in [0.5, 0.6) is 0 Å². The summed E-state index contributed by atoms with van der Waals surface area (Å²) in [4.78, 5) is 4.00. The van der Waals surface area contributed by atoms with Gasteiger partial charge in [-0.2, -0.15) is 0 Å². The molecule has 0 radical (unpaired) electrons. The molecule has 2 aromatic carbocycles. The van der Waals surface area contributed by atoms with E-state index < -0.39 is 0 Å². The summed E-state index contributed by atoms with van der Waals surface area (Å²) in [5, 5.41) is 0. The van der Waals surface area contributed by atoms with E-state index in [0.717, 1.165) is 0 Å². The minimum atomic E-state index is 0.374. The second-order valence-corrected chi connectivity index (χ2v) is 6.90. The smallest absolute Gasteiger partial charge is 0.0545 e. The quantitative estimate of drug-likeness (QED) is 0.703. The maximum absolute atomic E-state index is 2.64. The lowest BCUT2D eigenvalue weighted by Crippen LogP contribution is -2.33. The Morgan fingerprint density at radius 2 is 1.52 bits per heavy atom. The Morgan fingerprint density at radius 1 is 0.913 bits per heavy atom. The van der Waals surface area contributed by atoms with E-state index in [1.54, 1.807) is 0 Å². The molecule has 3 rings (SSSR count). The minimum absolute atomic E-state index is 0.374. The first kappa shape index (κ1) is 16.4. The van der Waals surface area contributed by atoms with E-state index in [1.165, 1.54) is 48.4 Å². The third-order valence-corrected chi connectivity index (χ3v) is 5.32. The third-order valence-electron chi connectivity index (χ3n) is 4.51.